The van der Waals surface area contributed by atoms with Crippen LogP contribution in [0.15, 0.2) is 30.3 Å². The summed E-state index contributed by atoms with van der Waals surface area (Å²) >= 11 is 3.04. The normalized spacial score (nSPS) is 11.9. The summed E-state index contributed by atoms with van der Waals surface area (Å²) in [5.74, 6) is -1.43. The average Bonchev–Trinajstić information content (AvgIpc) is 2.38. The summed E-state index contributed by atoms with van der Waals surface area (Å²) in [5, 5.41) is 9.10. The minimum atomic E-state index is -1.05. The number of hydrogen-bond donors (Lipinski definition) is 2. The van der Waals surface area contributed by atoms with Gasteiger partial charge in [-0.3, -0.25) is 8.72 Å². The topological polar surface area (TPSA) is 83.6 Å². The summed E-state index contributed by atoms with van der Waals surface area (Å²) < 4.78 is 1.07. The highest BCUT2D eigenvalue weighted by molar-refractivity contribution is 9.07. The fourth-order valence-corrected chi connectivity index (χ4v) is 2.08. The van der Waals surface area contributed by atoms with E-state index in [0.717, 1.165) is 3.93 Å². The molecule has 0 aromatic heterocycles. The van der Waals surface area contributed by atoms with Crippen LogP contribution >= 0.6 is 16.1 Å². The highest BCUT2D eigenvalue weighted by Crippen LogP contribution is 2.16. The molecule has 1 aromatic rings. The minimum Gasteiger partial charge on any atom is -0.480 e. The second kappa shape index (κ2) is 7.13. The van der Waals surface area contributed by atoms with Crippen LogP contribution in [0.3, 0.4) is 0 Å². The van der Waals surface area contributed by atoms with Crippen LogP contribution in [0.2, 0.25) is 0 Å². The number of nitrogens with two attached hydrogens (primary N) is 1. The van der Waals surface area contributed by atoms with Crippen LogP contribution < -0.4 is 5.73 Å². The van der Waals surface area contributed by atoms with Crippen LogP contribution in [0.1, 0.15) is 23.2 Å². The van der Waals surface area contributed by atoms with E-state index < -0.39 is 12.0 Å². The fraction of sp³-hybridized carbons (Fsp3) is 0.333. The number of nitrogens with zero attached hydrogens (tertiary/aromatic N) is 1. The smallest absolute Gasteiger partial charge is 0.327 e. The molecular weight excluding hydrogens is 300 g/mol. The number of benzene rings is 1. The Morgan fingerprint density at radius 2 is 1.94 bits per heavy atom. The predicted molar refractivity (Wildman–Crippen MR) is 71.3 cm³/mol. The molecule has 1 atom stereocenters. The van der Waals surface area contributed by atoms with E-state index in [4.69, 9.17) is 10.8 Å². The molecular formula is C12H15BrN2O3. The molecule has 0 bridgehead atoms. The van der Waals surface area contributed by atoms with Gasteiger partial charge in [0.25, 0.3) is 5.91 Å². The van der Waals surface area contributed by atoms with E-state index in [1.165, 1.54) is 0 Å². The average molecular weight is 315 g/mol. The SMILES string of the molecule is NCCC[C@@H](C(=O)O)N(Br)C(=O)c1ccccc1. The van der Waals surface area contributed by atoms with Gasteiger partial charge in [0, 0.05) is 5.56 Å². The van der Waals surface area contributed by atoms with Gasteiger partial charge in [0.15, 0.2) is 0 Å². The standard InChI is InChI=1S/C12H15BrN2O3/c13-15(10(12(17)18)7-4-8-14)11(16)9-5-2-1-3-6-9/h1-3,5-6,10H,4,7-8,14H2,(H,17,18)/t10-/m0/s1. The Morgan fingerprint density at radius 1 is 1.33 bits per heavy atom. The van der Waals surface area contributed by atoms with Crippen LogP contribution in [0.25, 0.3) is 0 Å². The molecule has 1 rings (SSSR count). The number of aliphatic carboxylic acids is 1. The summed E-state index contributed by atoms with van der Waals surface area (Å²) in [6.45, 7) is 0.393. The lowest BCUT2D eigenvalue weighted by molar-refractivity contribution is -0.140. The van der Waals surface area contributed by atoms with Gasteiger partial charge in [0.2, 0.25) is 0 Å². The quantitative estimate of drug-likeness (QED) is 0.782. The first kappa shape index (κ1) is 14.7. The maximum Gasteiger partial charge on any atom is 0.327 e. The zero-order valence-corrected chi connectivity index (χ0v) is 11.3. The predicted octanol–water partition coefficient (Wildman–Crippen LogP) is 1.63. The van der Waals surface area contributed by atoms with Gasteiger partial charge >= 0.3 is 5.97 Å². The van der Waals surface area contributed by atoms with Crippen molar-refractivity contribution in [3.05, 3.63) is 35.9 Å². The molecule has 0 aliphatic rings. The van der Waals surface area contributed by atoms with E-state index in [1.54, 1.807) is 30.3 Å². The molecule has 0 spiro atoms. The largest absolute Gasteiger partial charge is 0.480 e. The van der Waals surface area contributed by atoms with Gasteiger partial charge in [-0.15, -0.1) is 0 Å². The molecule has 0 aliphatic carbocycles. The second-order valence-corrected chi connectivity index (χ2v) is 4.53. The van der Waals surface area contributed by atoms with Crippen LogP contribution in [0.5, 0.6) is 0 Å². The number of carboxylic acids is 1. The van der Waals surface area contributed by atoms with Gasteiger partial charge in [-0.2, -0.15) is 0 Å². The zero-order chi connectivity index (χ0) is 13.5. The van der Waals surface area contributed by atoms with Crippen molar-refractivity contribution < 1.29 is 14.7 Å². The van der Waals surface area contributed by atoms with Gasteiger partial charge in [-0.05, 0) is 31.5 Å². The molecule has 5 nitrogen and oxygen atoms in total. The molecule has 0 saturated heterocycles. The molecule has 3 N–H and O–H groups in total. The van der Waals surface area contributed by atoms with Gasteiger partial charge < -0.3 is 10.8 Å². The molecule has 6 heteroatoms. The molecule has 0 heterocycles. The lowest BCUT2D eigenvalue weighted by Crippen LogP contribution is -2.38. The highest BCUT2D eigenvalue weighted by atomic mass is 79.9. The third-order valence-corrected chi connectivity index (χ3v) is 3.27. The number of carbonyl (C=O) groups is 2. The molecule has 98 valence electrons. The van der Waals surface area contributed by atoms with Crippen molar-refractivity contribution in [2.75, 3.05) is 6.54 Å². The number of rotatable bonds is 6. The summed E-state index contributed by atoms with van der Waals surface area (Å²) in [4.78, 5) is 23.2. The molecule has 0 unspecified atom stereocenters. The summed E-state index contributed by atoms with van der Waals surface area (Å²) in [6.07, 6.45) is 0.858. The molecule has 0 fully saturated rings. The maximum absolute atomic E-state index is 12.0. The minimum absolute atomic E-state index is 0.315. The van der Waals surface area contributed by atoms with Crippen molar-refractivity contribution in [1.82, 2.24) is 3.93 Å². The maximum atomic E-state index is 12.0. The van der Waals surface area contributed by atoms with E-state index in [-0.39, 0.29) is 5.91 Å². The number of amides is 1. The Bertz CT molecular complexity index is 411. The number of hydrogen-bond acceptors (Lipinski definition) is 3. The fourth-order valence-electron chi connectivity index (χ4n) is 1.49. The van der Waals surface area contributed by atoms with Crippen molar-refractivity contribution in [2.45, 2.75) is 18.9 Å². The molecule has 18 heavy (non-hydrogen) atoms. The van der Waals surface area contributed by atoms with Gasteiger partial charge in [0.05, 0.1) is 16.1 Å². The van der Waals surface area contributed by atoms with Crippen LogP contribution in [-0.2, 0) is 4.79 Å². The summed E-state index contributed by atoms with van der Waals surface area (Å²) in [5.41, 5.74) is 5.79. The zero-order valence-electron chi connectivity index (χ0n) is 9.75. The highest BCUT2D eigenvalue weighted by Gasteiger charge is 2.28. The second-order valence-electron chi connectivity index (χ2n) is 3.77. The lowest BCUT2D eigenvalue weighted by Gasteiger charge is -2.22. The number of carbonyl (C=O) groups excluding carboxylic acids is 1. The van der Waals surface area contributed by atoms with Gasteiger partial charge in [0.1, 0.15) is 6.04 Å². The summed E-state index contributed by atoms with van der Waals surface area (Å²) in [7, 11) is 0. The molecule has 0 saturated carbocycles. The molecule has 1 amide bonds. The van der Waals surface area contributed by atoms with Crippen molar-refractivity contribution in [2.24, 2.45) is 5.73 Å². The first-order valence-corrected chi connectivity index (χ1v) is 6.26. The van der Waals surface area contributed by atoms with E-state index in [9.17, 15) is 9.59 Å². The van der Waals surface area contributed by atoms with Crippen molar-refractivity contribution in [1.29, 1.82) is 0 Å². The van der Waals surface area contributed by atoms with Crippen molar-refractivity contribution in [3.63, 3.8) is 0 Å². The van der Waals surface area contributed by atoms with Crippen LogP contribution in [0, 0.1) is 0 Å². The number of carboxylic acid groups (broad SMARTS) is 1. The Balaban J connectivity index is 2.80. The van der Waals surface area contributed by atoms with Gasteiger partial charge in [-0.25, -0.2) is 4.79 Å². The third-order valence-electron chi connectivity index (χ3n) is 2.46. The first-order valence-electron chi connectivity index (χ1n) is 5.55. The molecule has 0 aliphatic heterocycles. The van der Waals surface area contributed by atoms with Crippen LogP contribution in [0.4, 0.5) is 0 Å². The Labute approximate surface area is 114 Å². The van der Waals surface area contributed by atoms with Crippen molar-refractivity contribution >= 4 is 28.0 Å². The Kier molecular flexibility index (Phi) is 5.80. The summed E-state index contributed by atoms with van der Waals surface area (Å²) in [6, 6.07) is 7.60. The van der Waals surface area contributed by atoms with E-state index in [1.807, 2.05) is 0 Å². The first-order chi connectivity index (χ1) is 8.57. The molecule has 1 aromatic carbocycles. The lowest BCUT2D eigenvalue weighted by atomic mass is 10.1. The monoisotopic (exact) mass is 314 g/mol. The van der Waals surface area contributed by atoms with E-state index in [2.05, 4.69) is 16.1 Å². The van der Waals surface area contributed by atoms with E-state index >= 15 is 0 Å². The Hall–Kier alpha value is -1.40. The Morgan fingerprint density at radius 3 is 2.44 bits per heavy atom. The number of halogens is 1. The molecule has 0 radical (unpaired) electrons. The van der Waals surface area contributed by atoms with E-state index in [0.29, 0.717) is 24.9 Å². The van der Waals surface area contributed by atoms with Crippen LogP contribution in [-0.4, -0.2) is 33.5 Å². The van der Waals surface area contributed by atoms with Crippen molar-refractivity contribution in [3.8, 4) is 0 Å². The third kappa shape index (κ3) is 3.82. The van der Waals surface area contributed by atoms with Gasteiger partial charge in [-0.1, -0.05) is 18.2 Å².